The monoisotopic (exact) mass is 450 g/mol. The number of hydrogen-bond donors (Lipinski definition) is 1. The molecule has 0 aromatic heterocycles. The molecule has 4 rings (SSSR count). The molecule has 166 valence electrons. The molecule has 0 unspecified atom stereocenters. The Labute approximate surface area is 179 Å². The number of nitrogens with zero attached hydrogens (tertiary/aromatic N) is 1. The van der Waals surface area contributed by atoms with E-state index in [1.54, 1.807) is 12.1 Å². The van der Waals surface area contributed by atoms with Crippen LogP contribution in [0.25, 0.3) is 0 Å². The van der Waals surface area contributed by atoms with Gasteiger partial charge in [-0.05, 0) is 48.7 Å². The van der Waals surface area contributed by atoms with Crippen molar-refractivity contribution in [1.82, 2.24) is 9.62 Å². The first-order valence-corrected chi connectivity index (χ1v) is 11.3. The molecule has 2 aromatic rings. The average Bonchev–Trinajstić information content (AvgIpc) is 3.25. The summed E-state index contributed by atoms with van der Waals surface area (Å²) in [6.45, 7) is 0.743. The van der Waals surface area contributed by atoms with Crippen molar-refractivity contribution >= 4 is 15.9 Å². The molecular formula is C21H23FN2O6S. The normalized spacial score (nSPS) is 18.6. The lowest BCUT2D eigenvalue weighted by atomic mass is 9.98. The Balaban J connectivity index is 1.43. The van der Waals surface area contributed by atoms with Gasteiger partial charge in [-0.1, -0.05) is 6.07 Å². The Kier molecular flexibility index (Phi) is 6.01. The van der Waals surface area contributed by atoms with Crippen molar-refractivity contribution in [3.05, 3.63) is 47.8 Å². The second-order valence-corrected chi connectivity index (χ2v) is 9.31. The van der Waals surface area contributed by atoms with Gasteiger partial charge in [-0.25, -0.2) is 12.8 Å². The van der Waals surface area contributed by atoms with Gasteiger partial charge in [0, 0.05) is 19.6 Å². The van der Waals surface area contributed by atoms with Crippen molar-refractivity contribution in [2.45, 2.75) is 24.3 Å². The van der Waals surface area contributed by atoms with Crippen molar-refractivity contribution < 1.29 is 31.8 Å². The summed E-state index contributed by atoms with van der Waals surface area (Å²) in [6, 6.07) is 8.78. The van der Waals surface area contributed by atoms with E-state index >= 15 is 0 Å². The summed E-state index contributed by atoms with van der Waals surface area (Å²) in [6.07, 6.45) is 1.10. The molecule has 1 N–H and O–H groups in total. The van der Waals surface area contributed by atoms with Crippen LogP contribution in [0.5, 0.6) is 17.2 Å². The van der Waals surface area contributed by atoms with Crippen molar-refractivity contribution in [2.75, 3.05) is 27.0 Å². The van der Waals surface area contributed by atoms with Crippen LogP contribution in [0.4, 0.5) is 4.39 Å². The van der Waals surface area contributed by atoms with Crippen LogP contribution in [0, 0.1) is 11.7 Å². The standard InChI is InChI=1S/C21H23FN2O6S/c1-28-18-7-5-16(22)10-20(18)31(26,27)24-8-2-3-15(12-24)21(25)23-11-14-4-6-17-19(9-14)30-13-29-17/h4-7,9-10,15H,2-3,8,11-13H2,1H3,(H,23,25)/t15-/m1/s1. The van der Waals surface area contributed by atoms with Crippen molar-refractivity contribution in [2.24, 2.45) is 5.92 Å². The Morgan fingerprint density at radius 3 is 2.84 bits per heavy atom. The summed E-state index contributed by atoms with van der Waals surface area (Å²) >= 11 is 0. The van der Waals surface area contributed by atoms with Gasteiger partial charge in [0.05, 0.1) is 13.0 Å². The molecular weight excluding hydrogens is 427 g/mol. The third kappa shape index (κ3) is 4.45. The molecule has 2 heterocycles. The fourth-order valence-electron chi connectivity index (χ4n) is 3.75. The highest BCUT2D eigenvalue weighted by Crippen LogP contribution is 2.33. The van der Waals surface area contributed by atoms with E-state index in [0.717, 1.165) is 17.7 Å². The third-order valence-electron chi connectivity index (χ3n) is 5.40. The maximum Gasteiger partial charge on any atom is 0.246 e. The lowest BCUT2D eigenvalue weighted by molar-refractivity contribution is -0.126. The van der Waals surface area contributed by atoms with Gasteiger partial charge < -0.3 is 19.5 Å². The molecule has 8 nitrogen and oxygen atoms in total. The zero-order chi connectivity index (χ0) is 22.0. The zero-order valence-electron chi connectivity index (χ0n) is 17.0. The largest absolute Gasteiger partial charge is 0.495 e. The van der Waals surface area contributed by atoms with Gasteiger partial charge in [0.1, 0.15) is 16.5 Å². The lowest BCUT2D eigenvalue weighted by Gasteiger charge is -2.31. The van der Waals surface area contributed by atoms with E-state index in [-0.39, 0.29) is 43.0 Å². The molecule has 1 fully saturated rings. The van der Waals surface area contributed by atoms with Crippen LogP contribution in [0.2, 0.25) is 0 Å². The number of nitrogens with one attached hydrogen (secondary N) is 1. The van der Waals surface area contributed by atoms with Gasteiger partial charge in [-0.3, -0.25) is 4.79 Å². The van der Waals surface area contributed by atoms with E-state index in [1.807, 2.05) is 6.07 Å². The third-order valence-corrected chi connectivity index (χ3v) is 7.29. The highest BCUT2D eigenvalue weighted by molar-refractivity contribution is 7.89. The predicted molar refractivity (Wildman–Crippen MR) is 109 cm³/mol. The van der Waals surface area contributed by atoms with E-state index in [4.69, 9.17) is 14.2 Å². The fraction of sp³-hybridized carbons (Fsp3) is 0.381. The smallest absolute Gasteiger partial charge is 0.246 e. The van der Waals surface area contributed by atoms with E-state index in [0.29, 0.717) is 24.3 Å². The number of carbonyl (C=O) groups is 1. The molecule has 1 atom stereocenters. The van der Waals surface area contributed by atoms with E-state index < -0.39 is 21.8 Å². The molecule has 0 aliphatic carbocycles. The summed E-state index contributed by atoms with van der Waals surface area (Å²) in [5.41, 5.74) is 0.849. The molecule has 2 aliphatic rings. The Morgan fingerprint density at radius 1 is 1.23 bits per heavy atom. The van der Waals surface area contributed by atoms with Gasteiger partial charge in [-0.15, -0.1) is 0 Å². The Bertz CT molecular complexity index is 1090. The highest BCUT2D eigenvalue weighted by atomic mass is 32.2. The zero-order valence-corrected chi connectivity index (χ0v) is 17.8. The minimum Gasteiger partial charge on any atom is -0.495 e. The Morgan fingerprint density at radius 2 is 2.03 bits per heavy atom. The van der Waals surface area contributed by atoms with Crippen LogP contribution in [0.15, 0.2) is 41.3 Å². The molecule has 2 aromatic carbocycles. The maximum absolute atomic E-state index is 13.7. The summed E-state index contributed by atoms with van der Waals surface area (Å²) in [7, 11) is -2.68. The van der Waals surface area contributed by atoms with Crippen molar-refractivity contribution in [3.63, 3.8) is 0 Å². The molecule has 1 amide bonds. The first-order valence-electron chi connectivity index (χ1n) is 9.88. The van der Waals surface area contributed by atoms with Crippen LogP contribution in [-0.4, -0.2) is 45.6 Å². The SMILES string of the molecule is COc1ccc(F)cc1S(=O)(=O)N1CCC[C@@H](C(=O)NCc2ccc3c(c2)OCO3)C1. The molecule has 31 heavy (non-hydrogen) atoms. The maximum atomic E-state index is 13.7. The first kappa shape index (κ1) is 21.4. The number of hydrogen-bond acceptors (Lipinski definition) is 6. The number of halogens is 1. The van der Waals surface area contributed by atoms with Gasteiger partial charge in [-0.2, -0.15) is 4.31 Å². The van der Waals surface area contributed by atoms with Gasteiger partial charge in [0.25, 0.3) is 0 Å². The number of methoxy groups -OCH3 is 1. The van der Waals surface area contributed by atoms with Gasteiger partial charge >= 0.3 is 0 Å². The number of amides is 1. The summed E-state index contributed by atoms with van der Waals surface area (Å²) in [5, 5.41) is 2.86. The first-order chi connectivity index (χ1) is 14.9. The number of fused-ring (bicyclic) bond motifs is 1. The van der Waals surface area contributed by atoms with Crippen LogP contribution < -0.4 is 19.5 Å². The summed E-state index contributed by atoms with van der Waals surface area (Å²) < 4.78 is 56.8. The van der Waals surface area contributed by atoms with Gasteiger partial charge in [0.15, 0.2) is 11.5 Å². The van der Waals surface area contributed by atoms with Crippen molar-refractivity contribution in [1.29, 1.82) is 0 Å². The number of carbonyl (C=O) groups excluding carboxylic acids is 1. The lowest BCUT2D eigenvalue weighted by Crippen LogP contribution is -2.45. The summed E-state index contributed by atoms with van der Waals surface area (Å²) in [5.74, 6) is -0.0484. The van der Waals surface area contributed by atoms with Crippen molar-refractivity contribution in [3.8, 4) is 17.2 Å². The minimum atomic E-state index is -4.01. The number of sulfonamides is 1. The fourth-order valence-corrected chi connectivity index (χ4v) is 5.44. The van der Waals surface area contributed by atoms with Gasteiger partial charge in [0.2, 0.25) is 22.7 Å². The molecule has 0 radical (unpaired) electrons. The quantitative estimate of drug-likeness (QED) is 0.726. The number of benzene rings is 2. The molecule has 1 saturated heterocycles. The van der Waals surface area contributed by atoms with E-state index in [2.05, 4.69) is 5.32 Å². The number of ether oxygens (including phenoxy) is 3. The number of rotatable bonds is 6. The molecule has 0 saturated carbocycles. The van der Waals surface area contributed by atoms with Crippen LogP contribution >= 0.6 is 0 Å². The van der Waals surface area contributed by atoms with Crippen LogP contribution in [0.1, 0.15) is 18.4 Å². The predicted octanol–water partition coefficient (Wildman–Crippen LogP) is 2.28. The number of piperidine rings is 1. The topological polar surface area (TPSA) is 94.2 Å². The minimum absolute atomic E-state index is 0.0228. The molecule has 10 heteroatoms. The summed E-state index contributed by atoms with van der Waals surface area (Å²) in [4.78, 5) is 12.5. The second kappa shape index (κ2) is 8.72. The Hall–Kier alpha value is -2.85. The molecule has 0 bridgehead atoms. The van der Waals surface area contributed by atoms with Crippen LogP contribution in [0.3, 0.4) is 0 Å². The highest BCUT2D eigenvalue weighted by Gasteiger charge is 2.35. The second-order valence-electron chi connectivity index (χ2n) is 7.40. The average molecular weight is 450 g/mol. The van der Waals surface area contributed by atoms with E-state index in [1.165, 1.54) is 17.5 Å². The van der Waals surface area contributed by atoms with E-state index in [9.17, 15) is 17.6 Å². The molecule has 0 spiro atoms. The van der Waals surface area contributed by atoms with Crippen LogP contribution in [-0.2, 0) is 21.4 Å². The molecule has 2 aliphatic heterocycles.